The molecular formula is C19H16ClNO5S2. The number of ether oxygens (including phenoxy) is 1. The van der Waals surface area contributed by atoms with Crippen molar-refractivity contribution in [1.82, 2.24) is 0 Å². The molecule has 0 fully saturated rings. The van der Waals surface area contributed by atoms with Crippen LogP contribution in [0.2, 0.25) is 5.02 Å². The Morgan fingerprint density at radius 1 is 0.786 bits per heavy atom. The first-order chi connectivity index (χ1) is 13.1. The Kier molecular flexibility index (Phi) is 5.64. The smallest absolute Gasteiger partial charge is 0.261 e. The number of hydrogen-bond acceptors (Lipinski definition) is 5. The molecule has 0 aliphatic carbocycles. The SMILES string of the molecule is CS(=O)(=O)c1ccc(S(=O)(=O)Nc2ccc(Oc3ccccc3Cl)cc2)cc1. The van der Waals surface area contributed by atoms with Crippen LogP contribution >= 0.6 is 11.6 Å². The number of sulfonamides is 1. The van der Waals surface area contributed by atoms with E-state index in [9.17, 15) is 16.8 Å². The van der Waals surface area contributed by atoms with Gasteiger partial charge in [-0.2, -0.15) is 0 Å². The molecule has 0 bridgehead atoms. The van der Waals surface area contributed by atoms with Crippen LogP contribution in [0.4, 0.5) is 5.69 Å². The first-order valence-corrected chi connectivity index (χ1v) is 11.8. The van der Waals surface area contributed by atoms with Crippen molar-refractivity contribution in [2.75, 3.05) is 11.0 Å². The Bertz CT molecular complexity index is 1190. The summed E-state index contributed by atoms with van der Waals surface area (Å²) in [6.07, 6.45) is 1.06. The molecular weight excluding hydrogens is 422 g/mol. The van der Waals surface area contributed by atoms with E-state index in [-0.39, 0.29) is 9.79 Å². The predicted octanol–water partition coefficient (Wildman–Crippen LogP) is 4.34. The van der Waals surface area contributed by atoms with Gasteiger partial charge in [-0.25, -0.2) is 16.8 Å². The van der Waals surface area contributed by atoms with Crippen LogP contribution in [0.5, 0.6) is 11.5 Å². The van der Waals surface area contributed by atoms with E-state index in [1.54, 1.807) is 48.5 Å². The van der Waals surface area contributed by atoms with Crippen LogP contribution in [-0.2, 0) is 19.9 Å². The van der Waals surface area contributed by atoms with Crippen LogP contribution in [0.25, 0.3) is 0 Å². The third kappa shape index (κ3) is 4.83. The van der Waals surface area contributed by atoms with E-state index in [1.165, 1.54) is 24.3 Å². The maximum atomic E-state index is 12.5. The summed E-state index contributed by atoms with van der Waals surface area (Å²) in [7, 11) is -7.26. The highest BCUT2D eigenvalue weighted by Gasteiger charge is 2.16. The molecule has 146 valence electrons. The topological polar surface area (TPSA) is 89.5 Å². The highest BCUT2D eigenvalue weighted by atomic mass is 35.5. The summed E-state index contributed by atoms with van der Waals surface area (Å²) in [4.78, 5) is 0.00354. The molecule has 3 aromatic carbocycles. The average molecular weight is 438 g/mol. The lowest BCUT2D eigenvalue weighted by Crippen LogP contribution is -2.13. The highest BCUT2D eigenvalue weighted by Crippen LogP contribution is 2.29. The second-order valence-electron chi connectivity index (χ2n) is 5.91. The Hall–Kier alpha value is -2.55. The molecule has 3 rings (SSSR count). The number of hydrogen-bond donors (Lipinski definition) is 1. The summed E-state index contributed by atoms with van der Waals surface area (Å²) >= 11 is 6.05. The first kappa shape index (κ1) is 20.2. The third-order valence-electron chi connectivity index (χ3n) is 3.73. The zero-order valence-corrected chi connectivity index (χ0v) is 17.1. The standard InChI is InChI=1S/C19H16ClNO5S2/c1-27(22,23)16-10-12-17(13-11-16)28(24,25)21-14-6-8-15(9-7-14)26-19-5-3-2-4-18(19)20/h2-13,21H,1H3. The Morgan fingerprint density at radius 2 is 1.36 bits per heavy atom. The molecule has 0 unspecified atom stereocenters. The molecule has 9 heteroatoms. The first-order valence-electron chi connectivity index (χ1n) is 8.00. The number of sulfone groups is 1. The molecule has 0 aliphatic heterocycles. The Morgan fingerprint density at radius 3 is 1.93 bits per heavy atom. The molecule has 28 heavy (non-hydrogen) atoms. The van der Waals surface area contributed by atoms with E-state index in [4.69, 9.17) is 16.3 Å². The summed E-state index contributed by atoms with van der Waals surface area (Å²) in [5.41, 5.74) is 0.332. The quantitative estimate of drug-likeness (QED) is 0.619. The molecule has 3 aromatic rings. The summed E-state index contributed by atoms with van der Waals surface area (Å²) in [5, 5.41) is 0.463. The Balaban J connectivity index is 1.75. The van der Waals surface area contributed by atoms with E-state index < -0.39 is 19.9 Å². The molecule has 0 spiro atoms. The molecule has 0 saturated carbocycles. The van der Waals surface area contributed by atoms with Gasteiger partial charge in [0.1, 0.15) is 11.5 Å². The van der Waals surface area contributed by atoms with Crippen molar-refractivity contribution in [1.29, 1.82) is 0 Å². The zero-order valence-electron chi connectivity index (χ0n) is 14.7. The molecule has 1 N–H and O–H groups in total. The minimum Gasteiger partial charge on any atom is -0.456 e. The number of nitrogens with one attached hydrogen (secondary N) is 1. The fourth-order valence-corrected chi connectivity index (χ4v) is 4.19. The maximum absolute atomic E-state index is 12.5. The van der Waals surface area contributed by atoms with Gasteiger partial charge < -0.3 is 4.74 Å². The fourth-order valence-electron chi connectivity index (χ4n) is 2.33. The molecule has 0 saturated heterocycles. The Labute approximate surface area is 168 Å². The minimum atomic E-state index is -3.86. The number of halogens is 1. The van der Waals surface area contributed by atoms with Crippen molar-refractivity contribution in [3.63, 3.8) is 0 Å². The van der Waals surface area contributed by atoms with Crippen molar-refractivity contribution >= 4 is 37.1 Å². The van der Waals surface area contributed by atoms with Crippen LogP contribution in [0.1, 0.15) is 0 Å². The maximum Gasteiger partial charge on any atom is 0.261 e. The normalized spacial score (nSPS) is 11.8. The molecule has 0 heterocycles. The lowest BCUT2D eigenvalue weighted by Gasteiger charge is -2.10. The second-order valence-corrected chi connectivity index (χ2v) is 10.0. The third-order valence-corrected chi connectivity index (χ3v) is 6.57. The number of anilines is 1. The fraction of sp³-hybridized carbons (Fsp3) is 0.0526. The van der Waals surface area contributed by atoms with Gasteiger partial charge in [0.15, 0.2) is 9.84 Å². The molecule has 0 atom stereocenters. The molecule has 6 nitrogen and oxygen atoms in total. The van der Waals surface area contributed by atoms with E-state index in [1.807, 2.05) is 0 Å². The average Bonchev–Trinajstić information content (AvgIpc) is 2.64. The van der Waals surface area contributed by atoms with Gasteiger partial charge in [0.2, 0.25) is 0 Å². The number of rotatable bonds is 6. The van der Waals surface area contributed by atoms with Crippen molar-refractivity contribution in [3.05, 3.63) is 77.8 Å². The number of para-hydroxylation sites is 1. The van der Waals surface area contributed by atoms with E-state index in [0.717, 1.165) is 6.26 Å². The van der Waals surface area contributed by atoms with Gasteiger partial charge in [-0.3, -0.25) is 4.72 Å². The van der Waals surface area contributed by atoms with Crippen molar-refractivity contribution in [2.24, 2.45) is 0 Å². The van der Waals surface area contributed by atoms with Crippen LogP contribution in [-0.4, -0.2) is 23.1 Å². The van der Waals surface area contributed by atoms with Gasteiger partial charge in [0.05, 0.1) is 14.8 Å². The molecule has 0 amide bonds. The largest absolute Gasteiger partial charge is 0.456 e. The van der Waals surface area contributed by atoms with Crippen LogP contribution in [0.3, 0.4) is 0 Å². The number of benzene rings is 3. The molecule has 0 aliphatic rings. The van der Waals surface area contributed by atoms with Crippen LogP contribution in [0, 0.1) is 0 Å². The lowest BCUT2D eigenvalue weighted by molar-refractivity contribution is 0.483. The van der Waals surface area contributed by atoms with Crippen molar-refractivity contribution in [3.8, 4) is 11.5 Å². The van der Waals surface area contributed by atoms with Crippen LogP contribution < -0.4 is 9.46 Å². The van der Waals surface area contributed by atoms with Crippen LogP contribution in [0.15, 0.2) is 82.6 Å². The summed E-state index contributed by atoms with van der Waals surface area (Å²) < 4.78 is 56.0. The lowest BCUT2D eigenvalue weighted by atomic mass is 10.3. The van der Waals surface area contributed by atoms with Gasteiger partial charge in [-0.1, -0.05) is 23.7 Å². The summed E-state index contributed by atoms with van der Waals surface area (Å²) in [5.74, 6) is 0.983. The molecule has 0 radical (unpaired) electrons. The summed E-state index contributed by atoms with van der Waals surface area (Å²) in [6, 6.07) is 18.3. The zero-order chi connectivity index (χ0) is 20.4. The monoisotopic (exact) mass is 437 g/mol. The van der Waals surface area contributed by atoms with Crippen molar-refractivity contribution < 1.29 is 21.6 Å². The van der Waals surface area contributed by atoms with E-state index >= 15 is 0 Å². The summed E-state index contributed by atoms with van der Waals surface area (Å²) in [6.45, 7) is 0. The second kappa shape index (κ2) is 7.83. The van der Waals surface area contributed by atoms with Gasteiger partial charge in [-0.15, -0.1) is 0 Å². The molecule has 0 aromatic heterocycles. The highest BCUT2D eigenvalue weighted by molar-refractivity contribution is 7.92. The predicted molar refractivity (Wildman–Crippen MR) is 108 cm³/mol. The van der Waals surface area contributed by atoms with Gasteiger partial charge >= 0.3 is 0 Å². The van der Waals surface area contributed by atoms with Gasteiger partial charge in [0.25, 0.3) is 10.0 Å². The minimum absolute atomic E-state index is 0.0451. The van der Waals surface area contributed by atoms with E-state index in [2.05, 4.69) is 4.72 Å². The van der Waals surface area contributed by atoms with E-state index in [0.29, 0.717) is 22.2 Å². The van der Waals surface area contributed by atoms with Gasteiger partial charge in [-0.05, 0) is 60.7 Å². The van der Waals surface area contributed by atoms with Gasteiger partial charge in [0, 0.05) is 11.9 Å². The van der Waals surface area contributed by atoms with Crippen molar-refractivity contribution in [2.45, 2.75) is 9.79 Å².